The van der Waals surface area contributed by atoms with Gasteiger partial charge in [0.05, 0.1) is 5.88 Å². The van der Waals surface area contributed by atoms with Crippen LogP contribution < -0.4 is 0 Å². The number of carbonyl (C=O) groups is 1. The quantitative estimate of drug-likeness (QED) is 0.690. The molecule has 1 atom stereocenters. The van der Waals surface area contributed by atoms with Crippen LogP contribution in [-0.2, 0) is 24.7 Å². The van der Waals surface area contributed by atoms with Crippen molar-refractivity contribution in [2.24, 2.45) is 0 Å². The van der Waals surface area contributed by atoms with E-state index < -0.39 is 37.0 Å². The number of hydrogen-bond acceptors (Lipinski definition) is 6. The first-order valence-electron chi connectivity index (χ1n) is 4.11. The predicted octanol–water partition coefficient (Wildman–Crippen LogP) is -1.22. The molecule has 1 N–H and O–H groups in total. The Morgan fingerprint density at radius 2 is 2.00 bits per heavy atom. The highest BCUT2D eigenvalue weighted by atomic mass is 32.3. The van der Waals surface area contributed by atoms with Gasteiger partial charge in [-0.2, -0.15) is 4.31 Å². The largest absolute Gasteiger partial charge is 0.480 e. The zero-order valence-electron chi connectivity index (χ0n) is 8.36. The third-order valence-electron chi connectivity index (χ3n) is 1.85. The van der Waals surface area contributed by atoms with E-state index in [1.807, 2.05) is 0 Å². The van der Waals surface area contributed by atoms with Gasteiger partial charge in [-0.1, -0.05) is 0 Å². The van der Waals surface area contributed by atoms with Gasteiger partial charge in [-0.15, -0.1) is 11.8 Å². The Labute approximate surface area is 97.8 Å². The van der Waals surface area contributed by atoms with E-state index in [2.05, 4.69) is 0 Å². The molecule has 7 nitrogen and oxygen atoms in total. The van der Waals surface area contributed by atoms with Crippen molar-refractivity contribution >= 4 is 37.6 Å². The molecule has 1 fully saturated rings. The number of nitrogens with zero attached hydrogens (tertiary/aromatic N) is 1. The van der Waals surface area contributed by atoms with Crippen LogP contribution >= 0.6 is 11.8 Å². The van der Waals surface area contributed by atoms with E-state index in [-0.39, 0.29) is 11.6 Å². The summed E-state index contributed by atoms with van der Waals surface area (Å²) in [5, 5.41) is 7.73. The molecule has 16 heavy (non-hydrogen) atoms. The van der Waals surface area contributed by atoms with E-state index in [1.54, 1.807) is 0 Å². The van der Waals surface area contributed by atoms with Gasteiger partial charge in [0, 0.05) is 12.0 Å². The highest BCUT2D eigenvalue weighted by Gasteiger charge is 2.40. The molecule has 94 valence electrons. The fourth-order valence-electron chi connectivity index (χ4n) is 1.23. The number of rotatable bonds is 4. The van der Waals surface area contributed by atoms with E-state index >= 15 is 0 Å². The second kappa shape index (κ2) is 4.51. The summed E-state index contributed by atoms with van der Waals surface area (Å²) in [4.78, 5) is 10.8. The molecule has 10 heteroatoms. The van der Waals surface area contributed by atoms with Crippen LogP contribution in [0.15, 0.2) is 0 Å². The molecule has 1 unspecified atom stereocenters. The molecule has 1 aliphatic heterocycles. The molecule has 0 aromatic rings. The van der Waals surface area contributed by atoms with E-state index in [0.717, 1.165) is 22.3 Å². The molecule has 0 spiro atoms. The van der Waals surface area contributed by atoms with Crippen LogP contribution in [0, 0.1) is 0 Å². The molecular weight excluding hydrogens is 278 g/mol. The van der Waals surface area contributed by atoms with Crippen molar-refractivity contribution in [3.63, 3.8) is 0 Å². The molecule has 1 saturated heterocycles. The first kappa shape index (κ1) is 13.7. The highest BCUT2D eigenvalue weighted by Crippen LogP contribution is 2.25. The maximum atomic E-state index is 11.6. The fourth-order valence-corrected chi connectivity index (χ4v) is 6.46. The molecule has 0 aromatic heterocycles. The summed E-state index contributed by atoms with van der Waals surface area (Å²) < 4.78 is 45.8. The van der Waals surface area contributed by atoms with Gasteiger partial charge in [-0.25, -0.2) is 16.8 Å². The average Bonchev–Trinajstić information content (AvgIpc) is 2.45. The number of carboxylic acids is 1. The van der Waals surface area contributed by atoms with Crippen LogP contribution in [0.3, 0.4) is 0 Å². The van der Waals surface area contributed by atoms with Crippen molar-refractivity contribution in [2.75, 3.05) is 23.0 Å². The van der Waals surface area contributed by atoms with Crippen LogP contribution in [0.2, 0.25) is 0 Å². The number of carboxylic acid groups (broad SMARTS) is 1. The summed E-state index contributed by atoms with van der Waals surface area (Å²) in [6.07, 6.45) is 0.795. The van der Waals surface area contributed by atoms with Crippen LogP contribution in [0.25, 0.3) is 0 Å². The van der Waals surface area contributed by atoms with Crippen molar-refractivity contribution in [3.05, 3.63) is 0 Å². The lowest BCUT2D eigenvalue weighted by molar-refractivity contribution is -0.140. The Bertz CT molecular complexity index is 480. The SMILES string of the molecule is CS(=O)(=O)CS(=O)(=O)N1CSCC1C(=O)O. The standard InChI is InChI=1S/C6H11NO6S3/c1-15(10,11)4-16(12,13)7-3-14-2-5(7)6(8)9/h5H,2-4H2,1H3,(H,8,9). The van der Waals surface area contributed by atoms with Gasteiger partial charge >= 0.3 is 5.97 Å². The van der Waals surface area contributed by atoms with Crippen LogP contribution in [0.1, 0.15) is 0 Å². The Balaban J connectivity index is 2.96. The number of sulfone groups is 1. The molecular formula is C6H11NO6S3. The Morgan fingerprint density at radius 3 is 2.44 bits per heavy atom. The van der Waals surface area contributed by atoms with Gasteiger partial charge in [0.2, 0.25) is 10.0 Å². The van der Waals surface area contributed by atoms with Crippen molar-refractivity contribution in [1.29, 1.82) is 0 Å². The van der Waals surface area contributed by atoms with Crippen LogP contribution in [-0.4, -0.2) is 61.2 Å². The van der Waals surface area contributed by atoms with Crippen molar-refractivity contribution in [1.82, 2.24) is 4.31 Å². The minimum atomic E-state index is -4.07. The Kier molecular flexibility index (Phi) is 3.87. The molecule has 0 bridgehead atoms. The van der Waals surface area contributed by atoms with Gasteiger partial charge in [-0.3, -0.25) is 4.79 Å². The van der Waals surface area contributed by atoms with Crippen molar-refractivity contribution < 1.29 is 26.7 Å². The van der Waals surface area contributed by atoms with E-state index in [1.165, 1.54) is 0 Å². The maximum absolute atomic E-state index is 11.6. The number of thioether (sulfide) groups is 1. The van der Waals surface area contributed by atoms with Gasteiger partial charge in [0.15, 0.2) is 14.9 Å². The maximum Gasteiger partial charge on any atom is 0.322 e. The Morgan fingerprint density at radius 1 is 1.44 bits per heavy atom. The van der Waals surface area contributed by atoms with Gasteiger partial charge in [0.1, 0.15) is 6.04 Å². The van der Waals surface area contributed by atoms with Gasteiger partial charge in [0.25, 0.3) is 0 Å². The average molecular weight is 289 g/mol. The zero-order valence-corrected chi connectivity index (χ0v) is 10.8. The highest BCUT2D eigenvalue weighted by molar-refractivity contribution is 8.07. The lowest BCUT2D eigenvalue weighted by Gasteiger charge is -2.19. The van der Waals surface area contributed by atoms with Crippen LogP contribution in [0.5, 0.6) is 0 Å². The third kappa shape index (κ3) is 3.34. The first-order valence-corrected chi connectivity index (χ1v) is 8.94. The second-order valence-corrected chi connectivity index (χ2v) is 8.82. The first-order chi connectivity index (χ1) is 7.13. The zero-order chi connectivity index (χ0) is 12.6. The molecule has 1 heterocycles. The number of hydrogen-bond donors (Lipinski definition) is 1. The molecule has 0 amide bonds. The summed E-state index contributed by atoms with van der Waals surface area (Å²) in [6.45, 7) is 0. The van der Waals surface area contributed by atoms with E-state index in [0.29, 0.717) is 0 Å². The third-order valence-corrected chi connectivity index (χ3v) is 7.03. The normalized spacial score (nSPS) is 23.4. The summed E-state index contributed by atoms with van der Waals surface area (Å²) >= 11 is 1.14. The lowest BCUT2D eigenvalue weighted by atomic mass is 10.4. The van der Waals surface area contributed by atoms with Crippen molar-refractivity contribution in [2.45, 2.75) is 6.04 Å². The predicted molar refractivity (Wildman–Crippen MR) is 59.2 cm³/mol. The molecule has 0 saturated carbocycles. The molecule has 0 aromatic carbocycles. The van der Waals surface area contributed by atoms with Crippen molar-refractivity contribution in [3.8, 4) is 0 Å². The lowest BCUT2D eigenvalue weighted by Crippen LogP contribution is -2.43. The van der Waals surface area contributed by atoms with Gasteiger partial charge < -0.3 is 5.11 Å². The summed E-state index contributed by atoms with van der Waals surface area (Å²) in [5.74, 6) is -1.14. The van der Waals surface area contributed by atoms with E-state index in [4.69, 9.17) is 5.11 Å². The second-order valence-electron chi connectivity index (χ2n) is 3.40. The summed E-state index contributed by atoms with van der Waals surface area (Å²) in [7, 11) is -7.77. The molecule has 1 aliphatic rings. The Hall–Kier alpha value is -0.320. The molecule has 0 aliphatic carbocycles. The summed E-state index contributed by atoms with van der Waals surface area (Å²) in [6, 6.07) is -1.17. The topological polar surface area (TPSA) is 109 Å². The number of aliphatic carboxylic acids is 1. The minimum absolute atomic E-state index is 0.0190. The fraction of sp³-hybridized carbons (Fsp3) is 0.833. The van der Waals surface area contributed by atoms with Crippen LogP contribution in [0.4, 0.5) is 0 Å². The van der Waals surface area contributed by atoms with E-state index in [9.17, 15) is 21.6 Å². The summed E-state index contributed by atoms with van der Waals surface area (Å²) in [5.41, 5.74) is 0. The van der Waals surface area contributed by atoms with Gasteiger partial charge in [-0.05, 0) is 0 Å². The monoisotopic (exact) mass is 289 g/mol. The molecule has 0 radical (unpaired) electrons. The smallest absolute Gasteiger partial charge is 0.322 e. The number of sulfonamides is 1. The molecule has 1 rings (SSSR count). The minimum Gasteiger partial charge on any atom is -0.480 e.